The molecule has 0 saturated carbocycles. The Bertz CT molecular complexity index is 2550. The van der Waals surface area contributed by atoms with Gasteiger partial charge in [0.05, 0.1) is 98.4 Å². The van der Waals surface area contributed by atoms with E-state index in [0.717, 1.165) is 89.7 Å². The molecule has 72 heavy (non-hydrogen) atoms. The fourth-order valence-electron chi connectivity index (χ4n) is 8.28. The van der Waals surface area contributed by atoms with E-state index in [0.29, 0.717) is 0 Å². The third-order valence-electron chi connectivity index (χ3n) is 11.8. The third-order valence-corrected chi connectivity index (χ3v) is 11.8. The number of pyridine rings is 4. The summed E-state index contributed by atoms with van der Waals surface area (Å²) in [5, 5.41) is 0. The van der Waals surface area contributed by atoms with Crippen LogP contribution in [0.15, 0.2) is 170 Å². The normalized spacial score (nSPS) is 15.1. The van der Waals surface area contributed by atoms with Crippen LogP contribution in [0.5, 0.6) is 0 Å². The van der Waals surface area contributed by atoms with Gasteiger partial charge in [0.1, 0.15) is 0 Å². The van der Waals surface area contributed by atoms with Crippen molar-refractivity contribution >= 4 is 50.3 Å². The Morgan fingerprint density at radius 1 is 0.250 bits per heavy atom. The number of aryl methyl sites for hydroxylation is 4. The molecule has 0 radical (unpaired) electrons. The van der Waals surface area contributed by atoms with Crippen LogP contribution in [0.2, 0.25) is 0 Å². The standard InChI is InChI=1S/C56H56B4N4O8/c1-41-13-5-17-45(29-41)57-65-33-49-21-9-23-51(61-49)35-67-58(46-18-6-14-42(2)30-46)69-37-53-25-11-27-55(63-53)39-71-60(48-20-8-16-44(4)32-48)72-40-56-28-12-26-54(64-56)38-70-59(47-19-7-15-43(3)31-47)68-36-52-24-10-22-50(62-52)34-66-57/h5-32H,33-40H2,1-4H3. The van der Waals surface area contributed by atoms with E-state index in [1.54, 1.807) is 0 Å². The van der Waals surface area contributed by atoms with Crippen molar-refractivity contribution in [2.45, 2.75) is 80.6 Å². The Balaban J connectivity index is 0.991. The smallest absolute Gasteiger partial charge is 0.401 e. The predicted molar refractivity (Wildman–Crippen MR) is 282 cm³/mol. The first-order valence-electron chi connectivity index (χ1n) is 24.2. The highest BCUT2D eigenvalue weighted by atomic mass is 16.6. The molecule has 0 unspecified atom stereocenters. The topological polar surface area (TPSA) is 125 Å². The Morgan fingerprint density at radius 3 is 0.583 bits per heavy atom. The van der Waals surface area contributed by atoms with E-state index >= 15 is 0 Å². The fourth-order valence-corrected chi connectivity index (χ4v) is 8.28. The summed E-state index contributed by atoms with van der Waals surface area (Å²) in [6.45, 7) is 9.70. The molecule has 1 aliphatic heterocycles. The van der Waals surface area contributed by atoms with E-state index in [1.807, 2.05) is 173 Å². The lowest BCUT2D eigenvalue weighted by Gasteiger charge is -2.18. The van der Waals surface area contributed by atoms with Gasteiger partial charge in [-0.3, -0.25) is 19.9 Å². The van der Waals surface area contributed by atoms with Crippen LogP contribution in [-0.2, 0) is 90.1 Å². The minimum Gasteiger partial charge on any atom is -0.401 e. The quantitative estimate of drug-likeness (QED) is 0.164. The van der Waals surface area contributed by atoms with Crippen molar-refractivity contribution in [3.05, 3.63) is 238 Å². The summed E-state index contributed by atoms with van der Waals surface area (Å²) in [4.78, 5) is 19.7. The first-order valence-corrected chi connectivity index (χ1v) is 24.2. The zero-order valence-electron chi connectivity index (χ0n) is 41.2. The first-order chi connectivity index (χ1) is 35.2. The Hall–Kier alpha value is -6.58. The van der Waals surface area contributed by atoms with Gasteiger partial charge in [-0.05, 0) is 98.1 Å². The van der Waals surface area contributed by atoms with Crippen molar-refractivity contribution in [1.29, 1.82) is 0 Å². The maximum atomic E-state index is 6.50. The molecule has 4 aromatic carbocycles. The molecule has 0 aliphatic carbocycles. The van der Waals surface area contributed by atoms with Gasteiger partial charge in [-0.1, -0.05) is 144 Å². The summed E-state index contributed by atoms with van der Waals surface area (Å²) in [5.41, 5.74) is 13.7. The van der Waals surface area contributed by atoms with Crippen LogP contribution in [0.3, 0.4) is 0 Å². The van der Waals surface area contributed by atoms with Crippen molar-refractivity contribution in [2.75, 3.05) is 0 Å². The summed E-state index contributed by atoms with van der Waals surface area (Å²) >= 11 is 0. The highest BCUT2D eigenvalue weighted by Gasteiger charge is 2.27. The third kappa shape index (κ3) is 14.8. The van der Waals surface area contributed by atoms with Crippen LogP contribution in [0.1, 0.15) is 67.8 Å². The molecule has 8 aromatic rings. The summed E-state index contributed by atoms with van der Waals surface area (Å²) < 4.78 is 52.0. The molecule has 360 valence electrons. The van der Waals surface area contributed by atoms with Gasteiger partial charge in [0.25, 0.3) is 0 Å². The second kappa shape index (κ2) is 25.2. The molecule has 1 aliphatic rings. The monoisotopic (exact) mass is 956 g/mol. The van der Waals surface area contributed by atoms with Crippen molar-refractivity contribution < 1.29 is 37.2 Å². The molecule has 4 aromatic heterocycles. The van der Waals surface area contributed by atoms with E-state index in [-0.39, 0.29) is 52.9 Å². The zero-order chi connectivity index (χ0) is 49.5. The van der Waals surface area contributed by atoms with Gasteiger partial charge in [0, 0.05) is 0 Å². The second-order valence-electron chi connectivity index (χ2n) is 18.0. The molecule has 0 saturated heterocycles. The summed E-state index contributed by atoms with van der Waals surface area (Å²) in [7, 11) is -2.81. The van der Waals surface area contributed by atoms with Gasteiger partial charge in [0.2, 0.25) is 0 Å². The number of nitrogens with zero attached hydrogens (tertiary/aromatic N) is 4. The van der Waals surface area contributed by atoms with Crippen molar-refractivity contribution in [3.8, 4) is 0 Å². The van der Waals surface area contributed by atoms with Crippen molar-refractivity contribution in [1.82, 2.24) is 19.9 Å². The van der Waals surface area contributed by atoms with Gasteiger partial charge in [-0.15, -0.1) is 0 Å². The number of aromatic nitrogens is 4. The molecule has 0 fully saturated rings. The molecule has 0 N–H and O–H groups in total. The van der Waals surface area contributed by atoms with Crippen LogP contribution in [0.25, 0.3) is 0 Å². The number of benzene rings is 4. The van der Waals surface area contributed by atoms with Gasteiger partial charge < -0.3 is 37.2 Å². The number of rotatable bonds is 4. The molecule has 0 atom stereocenters. The number of hydrogen-bond acceptors (Lipinski definition) is 12. The van der Waals surface area contributed by atoms with E-state index in [1.165, 1.54) is 0 Å². The lowest BCUT2D eigenvalue weighted by molar-refractivity contribution is 0.181. The van der Waals surface area contributed by atoms with E-state index in [4.69, 9.17) is 57.2 Å². The van der Waals surface area contributed by atoms with Gasteiger partial charge in [-0.2, -0.15) is 0 Å². The van der Waals surface area contributed by atoms with Crippen LogP contribution in [0.4, 0.5) is 0 Å². The SMILES string of the molecule is Cc1cccc(B2OCc3cccc(n3)COB(c3cccc(C)c3)OCc3cccc(n3)COB(c3cccc(C)c3)OCc3cccc(n3)COB(c3cccc(C)c3)OCc3cccc(n3)CO2)c1. The fraction of sp³-hybridized carbons (Fsp3) is 0.214. The molecular formula is C56H56B4N4O8. The Labute approximate surface area is 424 Å². The molecule has 8 bridgehead atoms. The van der Waals surface area contributed by atoms with E-state index < -0.39 is 28.5 Å². The van der Waals surface area contributed by atoms with Crippen LogP contribution in [-0.4, -0.2) is 48.4 Å². The van der Waals surface area contributed by atoms with E-state index in [9.17, 15) is 0 Å². The lowest BCUT2D eigenvalue weighted by Crippen LogP contribution is -2.37. The number of fused-ring (bicyclic) bond motifs is 8. The first kappa shape index (κ1) is 50.4. The van der Waals surface area contributed by atoms with Gasteiger partial charge in [0.15, 0.2) is 0 Å². The van der Waals surface area contributed by atoms with Crippen molar-refractivity contribution in [3.63, 3.8) is 0 Å². The lowest BCUT2D eigenvalue weighted by atomic mass is 9.78. The Kier molecular flexibility index (Phi) is 17.6. The van der Waals surface area contributed by atoms with Gasteiger partial charge >= 0.3 is 28.5 Å². The maximum Gasteiger partial charge on any atom is 0.494 e. The van der Waals surface area contributed by atoms with Crippen LogP contribution >= 0.6 is 0 Å². The van der Waals surface area contributed by atoms with E-state index in [2.05, 4.69) is 24.3 Å². The summed E-state index contributed by atoms with van der Waals surface area (Å²) in [6.07, 6.45) is 0. The van der Waals surface area contributed by atoms with Crippen LogP contribution in [0, 0.1) is 27.7 Å². The molecule has 0 spiro atoms. The van der Waals surface area contributed by atoms with Gasteiger partial charge in [-0.25, -0.2) is 0 Å². The van der Waals surface area contributed by atoms with Crippen LogP contribution < -0.4 is 21.9 Å². The molecular weight excluding hydrogens is 900 g/mol. The average molecular weight is 956 g/mol. The minimum atomic E-state index is -0.701. The largest absolute Gasteiger partial charge is 0.494 e. The summed E-state index contributed by atoms with van der Waals surface area (Å²) in [6, 6.07) is 55.7. The summed E-state index contributed by atoms with van der Waals surface area (Å²) in [5.74, 6) is 0. The highest BCUT2D eigenvalue weighted by molar-refractivity contribution is 6.62. The predicted octanol–water partition coefficient (Wildman–Crippen LogP) is 7.33. The highest BCUT2D eigenvalue weighted by Crippen LogP contribution is 2.14. The molecule has 0 amide bonds. The second-order valence-corrected chi connectivity index (χ2v) is 18.0. The molecule has 12 nitrogen and oxygen atoms in total. The maximum absolute atomic E-state index is 6.50. The van der Waals surface area contributed by atoms with Crippen molar-refractivity contribution in [2.24, 2.45) is 0 Å². The molecule has 16 heteroatoms. The Morgan fingerprint density at radius 2 is 0.417 bits per heavy atom. The average Bonchev–Trinajstić information content (AvgIpc) is 3.39. The molecule has 5 heterocycles. The minimum absolute atomic E-state index is 0.190. The zero-order valence-corrected chi connectivity index (χ0v) is 41.2. The number of hydrogen-bond donors (Lipinski definition) is 0. The molecule has 9 rings (SSSR count).